The van der Waals surface area contributed by atoms with Crippen LogP contribution in [0.3, 0.4) is 0 Å². The maximum atomic E-state index is 13.1. The molecule has 37 heavy (non-hydrogen) atoms. The number of hydrogen-bond acceptors (Lipinski definition) is 4. The van der Waals surface area contributed by atoms with Crippen molar-refractivity contribution in [3.05, 3.63) is 87.9 Å². The van der Waals surface area contributed by atoms with Crippen LogP contribution in [0.2, 0.25) is 10.0 Å². The van der Waals surface area contributed by atoms with Gasteiger partial charge in [0.05, 0.1) is 17.0 Å². The molecule has 0 radical (unpaired) electrons. The van der Waals surface area contributed by atoms with Gasteiger partial charge in [0.1, 0.15) is 6.04 Å². The first kappa shape index (κ1) is 28.5. The standard InChI is InChI=1S/C27H29Cl2N3O4S/c1-17(32(37(5,35)36)24-15-20(28)13-14-23(24)29)25(33)30-21-7-6-8-22(16-21)31-26(34)18-9-11-19(12-10-18)27(2,3)4/h6-17H,1-5H3,(H,30,33)(H,31,34)/t17-/m0/s1. The van der Waals surface area contributed by atoms with Gasteiger partial charge >= 0.3 is 0 Å². The molecule has 2 amide bonds. The van der Waals surface area contributed by atoms with Gasteiger partial charge in [-0.25, -0.2) is 8.42 Å². The zero-order valence-electron chi connectivity index (χ0n) is 21.2. The molecule has 7 nitrogen and oxygen atoms in total. The van der Waals surface area contributed by atoms with E-state index in [2.05, 4.69) is 31.4 Å². The number of amides is 2. The minimum atomic E-state index is -3.89. The molecule has 0 saturated heterocycles. The van der Waals surface area contributed by atoms with E-state index in [-0.39, 0.29) is 27.1 Å². The summed E-state index contributed by atoms with van der Waals surface area (Å²) >= 11 is 12.3. The zero-order valence-corrected chi connectivity index (χ0v) is 23.5. The summed E-state index contributed by atoms with van der Waals surface area (Å²) in [5.74, 6) is -0.890. The Bertz CT molecular complexity index is 1420. The zero-order chi connectivity index (χ0) is 27.5. The minimum Gasteiger partial charge on any atom is -0.324 e. The SMILES string of the molecule is C[C@@H](C(=O)Nc1cccc(NC(=O)c2ccc(C(C)(C)C)cc2)c1)N(c1cc(Cl)ccc1Cl)S(C)(=O)=O. The molecule has 0 aliphatic carbocycles. The fraction of sp³-hybridized carbons (Fsp3) is 0.259. The number of rotatable bonds is 7. The summed E-state index contributed by atoms with van der Waals surface area (Å²) in [4.78, 5) is 25.8. The molecule has 0 aliphatic rings. The predicted octanol–water partition coefficient (Wildman–Crippen LogP) is 6.34. The van der Waals surface area contributed by atoms with Crippen LogP contribution in [0.5, 0.6) is 0 Å². The Morgan fingerprint density at radius 3 is 2.05 bits per heavy atom. The summed E-state index contributed by atoms with van der Waals surface area (Å²) < 4.78 is 26.1. The van der Waals surface area contributed by atoms with Crippen LogP contribution in [0.25, 0.3) is 0 Å². The van der Waals surface area contributed by atoms with E-state index < -0.39 is 22.0 Å². The van der Waals surface area contributed by atoms with Crippen LogP contribution in [0.4, 0.5) is 17.1 Å². The molecule has 0 unspecified atom stereocenters. The third-order valence-electron chi connectivity index (χ3n) is 5.64. The molecule has 2 N–H and O–H groups in total. The van der Waals surface area contributed by atoms with Gasteiger partial charge < -0.3 is 10.6 Å². The summed E-state index contributed by atoms with van der Waals surface area (Å²) in [5, 5.41) is 5.93. The van der Waals surface area contributed by atoms with E-state index in [1.165, 1.54) is 25.1 Å². The Labute approximate surface area is 227 Å². The number of sulfonamides is 1. The van der Waals surface area contributed by atoms with Gasteiger partial charge in [-0.1, -0.05) is 62.2 Å². The molecule has 0 saturated carbocycles. The van der Waals surface area contributed by atoms with E-state index in [4.69, 9.17) is 23.2 Å². The topological polar surface area (TPSA) is 95.6 Å². The largest absolute Gasteiger partial charge is 0.324 e. The number of nitrogens with zero attached hydrogens (tertiary/aromatic N) is 1. The van der Waals surface area contributed by atoms with Gasteiger partial charge in [-0.3, -0.25) is 13.9 Å². The molecule has 0 aliphatic heterocycles. The molecule has 0 spiro atoms. The first-order valence-corrected chi connectivity index (χ1v) is 14.0. The van der Waals surface area contributed by atoms with Crippen LogP contribution in [0.1, 0.15) is 43.6 Å². The predicted molar refractivity (Wildman–Crippen MR) is 151 cm³/mol. The number of halogens is 2. The molecule has 3 aromatic carbocycles. The van der Waals surface area contributed by atoms with Crippen molar-refractivity contribution in [1.82, 2.24) is 0 Å². The van der Waals surface area contributed by atoms with Gasteiger partial charge in [0, 0.05) is 22.0 Å². The molecule has 0 heterocycles. The Morgan fingerprint density at radius 2 is 1.49 bits per heavy atom. The van der Waals surface area contributed by atoms with Crippen LogP contribution < -0.4 is 14.9 Å². The number of hydrogen-bond donors (Lipinski definition) is 2. The van der Waals surface area contributed by atoms with Gasteiger partial charge in [0.25, 0.3) is 5.91 Å². The number of carbonyl (C=O) groups excluding carboxylic acids is 2. The minimum absolute atomic E-state index is 0.0243. The van der Waals surface area contributed by atoms with Crippen molar-refractivity contribution in [2.24, 2.45) is 0 Å². The highest BCUT2D eigenvalue weighted by atomic mass is 35.5. The van der Waals surface area contributed by atoms with Crippen LogP contribution in [-0.2, 0) is 20.2 Å². The molecule has 3 aromatic rings. The van der Waals surface area contributed by atoms with Crippen molar-refractivity contribution in [1.29, 1.82) is 0 Å². The normalized spacial score (nSPS) is 12.5. The van der Waals surface area contributed by atoms with Crippen molar-refractivity contribution in [3.63, 3.8) is 0 Å². The van der Waals surface area contributed by atoms with E-state index >= 15 is 0 Å². The smallest absolute Gasteiger partial charge is 0.255 e. The van der Waals surface area contributed by atoms with E-state index in [1.54, 1.807) is 36.4 Å². The summed E-state index contributed by atoms with van der Waals surface area (Å²) in [6.07, 6.45) is 0.984. The van der Waals surface area contributed by atoms with Crippen molar-refractivity contribution in [3.8, 4) is 0 Å². The van der Waals surface area contributed by atoms with Gasteiger partial charge in [-0.05, 0) is 66.4 Å². The number of anilines is 3. The average molecular weight is 563 g/mol. The van der Waals surface area contributed by atoms with Crippen LogP contribution in [0.15, 0.2) is 66.7 Å². The molecule has 1 atom stereocenters. The summed E-state index contributed by atoms with van der Waals surface area (Å²) in [5.41, 5.74) is 2.53. The Kier molecular flexibility index (Phi) is 8.57. The molecule has 3 rings (SSSR count). The fourth-order valence-corrected chi connectivity index (χ4v) is 5.29. The third kappa shape index (κ3) is 7.25. The lowest BCUT2D eigenvalue weighted by Crippen LogP contribution is -2.45. The number of carbonyl (C=O) groups is 2. The number of nitrogens with one attached hydrogen (secondary N) is 2. The highest BCUT2D eigenvalue weighted by Crippen LogP contribution is 2.32. The van der Waals surface area contributed by atoms with Crippen molar-refractivity contribution in [2.45, 2.75) is 39.2 Å². The molecule has 0 fully saturated rings. The molecule has 10 heteroatoms. The first-order chi connectivity index (χ1) is 17.2. The fourth-order valence-electron chi connectivity index (χ4n) is 3.68. The summed E-state index contributed by atoms with van der Waals surface area (Å²) in [6, 6.07) is 17.2. The monoisotopic (exact) mass is 561 g/mol. The lowest BCUT2D eigenvalue weighted by molar-refractivity contribution is -0.116. The lowest BCUT2D eigenvalue weighted by Gasteiger charge is -2.29. The van der Waals surface area contributed by atoms with E-state index in [0.29, 0.717) is 16.9 Å². The quantitative estimate of drug-likeness (QED) is 0.352. The van der Waals surface area contributed by atoms with Gasteiger partial charge in [-0.2, -0.15) is 0 Å². The average Bonchev–Trinajstić information content (AvgIpc) is 2.80. The van der Waals surface area contributed by atoms with Gasteiger partial charge in [0.15, 0.2) is 0 Å². The highest BCUT2D eigenvalue weighted by molar-refractivity contribution is 7.92. The Morgan fingerprint density at radius 1 is 0.892 bits per heavy atom. The third-order valence-corrected chi connectivity index (χ3v) is 7.42. The van der Waals surface area contributed by atoms with Crippen molar-refractivity contribution < 1.29 is 18.0 Å². The van der Waals surface area contributed by atoms with E-state index in [9.17, 15) is 18.0 Å². The van der Waals surface area contributed by atoms with Gasteiger partial charge in [0.2, 0.25) is 15.9 Å². The van der Waals surface area contributed by atoms with Crippen LogP contribution in [0, 0.1) is 0 Å². The summed E-state index contributed by atoms with van der Waals surface area (Å²) in [7, 11) is -3.89. The Balaban J connectivity index is 1.77. The van der Waals surface area contributed by atoms with Crippen LogP contribution in [-0.4, -0.2) is 32.5 Å². The molecule has 0 bridgehead atoms. The maximum Gasteiger partial charge on any atom is 0.255 e. The highest BCUT2D eigenvalue weighted by Gasteiger charge is 2.31. The summed E-state index contributed by atoms with van der Waals surface area (Å²) in [6.45, 7) is 7.74. The molecule has 0 aromatic heterocycles. The second-order valence-corrected chi connectivity index (χ2v) is 12.4. The first-order valence-electron chi connectivity index (χ1n) is 11.4. The number of benzene rings is 3. The van der Waals surface area contributed by atoms with E-state index in [1.807, 2.05) is 12.1 Å². The molecule has 196 valence electrons. The molecular weight excluding hydrogens is 533 g/mol. The maximum absolute atomic E-state index is 13.1. The Hall–Kier alpha value is -3.07. The lowest BCUT2D eigenvalue weighted by atomic mass is 9.87. The van der Waals surface area contributed by atoms with Crippen molar-refractivity contribution >= 4 is 62.1 Å². The van der Waals surface area contributed by atoms with Crippen molar-refractivity contribution in [2.75, 3.05) is 21.2 Å². The molecular formula is C27H29Cl2N3O4S. The van der Waals surface area contributed by atoms with E-state index in [0.717, 1.165) is 16.1 Å². The van der Waals surface area contributed by atoms with Gasteiger partial charge in [-0.15, -0.1) is 0 Å². The van der Waals surface area contributed by atoms with Crippen LogP contribution >= 0.6 is 23.2 Å². The second-order valence-electron chi connectivity index (χ2n) is 9.68. The second kappa shape index (κ2) is 11.1.